The predicted octanol–water partition coefficient (Wildman–Crippen LogP) is 0.886. The van der Waals surface area contributed by atoms with E-state index in [9.17, 15) is 17.2 Å². The Balaban J connectivity index is 2.52. The Morgan fingerprint density at radius 3 is 2.62 bits per heavy atom. The number of nitrogens with zero attached hydrogens (tertiary/aromatic N) is 3. The summed E-state index contributed by atoms with van der Waals surface area (Å²) in [7, 11) is -2.57. The lowest BCUT2D eigenvalue weighted by Gasteiger charge is -2.23. The van der Waals surface area contributed by atoms with Gasteiger partial charge in [-0.2, -0.15) is 5.10 Å². The molecule has 0 atom stereocenters. The first-order valence-corrected chi connectivity index (χ1v) is 7.37. The van der Waals surface area contributed by atoms with Crippen LogP contribution in [0.15, 0.2) is 35.5 Å². The molecule has 0 saturated heterocycles. The number of aliphatic hydroxyl groups is 1. The summed E-state index contributed by atoms with van der Waals surface area (Å²) in [5.74, 6) is -1.85. The quantitative estimate of drug-likeness (QED) is 0.888. The van der Waals surface area contributed by atoms with Crippen LogP contribution >= 0.6 is 0 Å². The van der Waals surface area contributed by atoms with Gasteiger partial charge in [-0.15, -0.1) is 0 Å². The fraction of sp³-hybridized carbons (Fsp3) is 0.250. The molecule has 2 aromatic rings. The highest BCUT2D eigenvalue weighted by Gasteiger charge is 2.28. The molecular formula is C12H13F2N3O3S. The molecule has 0 radical (unpaired) electrons. The van der Waals surface area contributed by atoms with Crippen LogP contribution in [0, 0.1) is 11.6 Å². The summed E-state index contributed by atoms with van der Waals surface area (Å²) in [6.45, 7) is -0.879. The van der Waals surface area contributed by atoms with E-state index >= 15 is 0 Å². The summed E-state index contributed by atoms with van der Waals surface area (Å²) in [6.07, 6.45) is 2.36. The first-order valence-electron chi connectivity index (χ1n) is 5.93. The topological polar surface area (TPSA) is 75.4 Å². The van der Waals surface area contributed by atoms with Crippen molar-refractivity contribution in [2.75, 3.05) is 17.5 Å². The van der Waals surface area contributed by atoms with Crippen molar-refractivity contribution < 1.29 is 22.3 Å². The van der Waals surface area contributed by atoms with Crippen molar-refractivity contribution in [3.05, 3.63) is 42.2 Å². The third kappa shape index (κ3) is 3.03. The van der Waals surface area contributed by atoms with Gasteiger partial charge in [-0.1, -0.05) is 0 Å². The number of aryl methyl sites for hydroxylation is 1. The maximum Gasteiger partial charge on any atom is 0.267 e. The zero-order valence-corrected chi connectivity index (χ0v) is 11.9. The van der Waals surface area contributed by atoms with Gasteiger partial charge in [0.2, 0.25) is 0 Å². The van der Waals surface area contributed by atoms with Crippen molar-refractivity contribution in [3.8, 4) is 0 Å². The van der Waals surface area contributed by atoms with E-state index in [4.69, 9.17) is 5.11 Å². The molecule has 0 amide bonds. The number of anilines is 1. The van der Waals surface area contributed by atoms with Crippen LogP contribution in [0.25, 0.3) is 0 Å². The van der Waals surface area contributed by atoms with Crippen LogP contribution in [0.1, 0.15) is 0 Å². The zero-order valence-electron chi connectivity index (χ0n) is 11.1. The van der Waals surface area contributed by atoms with Crippen molar-refractivity contribution in [1.82, 2.24) is 9.78 Å². The third-order valence-electron chi connectivity index (χ3n) is 2.75. The zero-order chi connectivity index (χ0) is 15.6. The maximum absolute atomic E-state index is 13.8. The first-order chi connectivity index (χ1) is 9.86. The molecule has 6 nitrogen and oxygen atoms in total. The normalized spacial score (nSPS) is 11.6. The summed E-state index contributed by atoms with van der Waals surface area (Å²) in [6, 6.07) is 2.54. The van der Waals surface area contributed by atoms with Gasteiger partial charge in [0.05, 0.1) is 25.0 Å². The average molecular weight is 317 g/mol. The smallest absolute Gasteiger partial charge is 0.267 e. The van der Waals surface area contributed by atoms with Gasteiger partial charge < -0.3 is 5.11 Å². The Bertz CT molecular complexity index is 746. The number of rotatable bonds is 5. The van der Waals surface area contributed by atoms with Crippen LogP contribution in [0.4, 0.5) is 14.5 Å². The highest BCUT2D eigenvalue weighted by Crippen LogP contribution is 2.26. The molecule has 0 fully saturated rings. The average Bonchev–Trinajstić information content (AvgIpc) is 2.84. The van der Waals surface area contributed by atoms with Crippen molar-refractivity contribution in [1.29, 1.82) is 0 Å². The van der Waals surface area contributed by atoms with E-state index in [0.717, 1.165) is 18.3 Å². The van der Waals surface area contributed by atoms with Gasteiger partial charge in [0.25, 0.3) is 10.0 Å². The number of aliphatic hydroxyl groups excluding tert-OH is 1. The summed E-state index contributed by atoms with van der Waals surface area (Å²) in [5.41, 5.74) is -0.339. The monoisotopic (exact) mass is 317 g/mol. The SMILES string of the molecule is Cn1cc(S(=O)(=O)N(CCO)c2ccc(F)cc2F)cn1. The number of halogens is 2. The van der Waals surface area contributed by atoms with E-state index in [-0.39, 0.29) is 17.1 Å². The van der Waals surface area contributed by atoms with E-state index in [1.54, 1.807) is 0 Å². The van der Waals surface area contributed by atoms with Gasteiger partial charge in [-0.25, -0.2) is 17.2 Å². The molecule has 114 valence electrons. The van der Waals surface area contributed by atoms with E-state index in [2.05, 4.69) is 5.10 Å². The molecular weight excluding hydrogens is 304 g/mol. The minimum atomic E-state index is -4.10. The highest BCUT2D eigenvalue weighted by atomic mass is 32.2. The summed E-state index contributed by atoms with van der Waals surface area (Å²) in [4.78, 5) is -0.151. The van der Waals surface area contributed by atoms with Crippen LogP contribution in [0.3, 0.4) is 0 Å². The van der Waals surface area contributed by atoms with Crippen molar-refractivity contribution in [2.24, 2.45) is 7.05 Å². The number of sulfonamides is 1. The molecule has 21 heavy (non-hydrogen) atoms. The second kappa shape index (κ2) is 5.78. The van der Waals surface area contributed by atoms with Crippen LogP contribution < -0.4 is 4.31 Å². The summed E-state index contributed by atoms with van der Waals surface area (Å²) < 4.78 is 53.7. The first kappa shape index (κ1) is 15.4. The molecule has 0 aliphatic heterocycles. The van der Waals surface area contributed by atoms with Crippen LogP contribution in [-0.2, 0) is 17.1 Å². The minimum absolute atomic E-state index is 0.151. The van der Waals surface area contributed by atoms with Crippen LogP contribution in [0.5, 0.6) is 0 Å². The Morgan fingerprint density at radius 1 is 1.38 bits per heavy atom. The Morgan fingerprint density at radius 2 is 2.10 bits per heavy atom. The van der Waals surface area contributed by atoms with Crippen LogP contribution in [-0.4, -0.2) is 36.5 Å². The van der Waals surface area contributed by atoms with E-state index in [0.29, 0.717) is 10.4 Å². The highest BCUT2D eigenvalue weighted by molar-refractivity contribution is 7.92. The van der Waals surface area contributed by atoms with Gasteiger partial charge in [0.1, 0.15) is 16.5 Å². The summed E-state index contributed by atoms with van der Waals surface area (Å²) in [5, 5.41) is 12.8. The standard InChI is InChI=1S/C12H13F2N3O3S/c1-16-8-10(7-15-16)21(19,20)17(4-5-18)12-3-2-9(13)6-11(12)14/h2-3,6-8,18H,4-5H2,1H3. The lowest BCUT2D eigenvalue weighted by atomic mass is 10.3. The molecule has 0 spiro atoms. The minimum Gasteiger partial charge on any atom is -0.394 e. The fourth-order valence-corrected chi connectivity index (χ4v) is 3.25. The second-order valence-electron chi connectivity index (χ2n) is 4.25. The lowest BCUT2D eigenvalue weighted by Crippen LogP contribution is -2.34. The second-order valence-corrected chi connectivity index (χ2v) is 6.11. The lowest BCUT2D eigenvalue weighted by molar-refractivity contribution is 0.306. The molecule has 1 aromatic carbocycles. The van der Waals surface area contributed by atoms with Crippen molar-refractivity contribution >= 4 is 15.7 Å². The van der Waals surface area contributed by atoms with Gasteiger partial charge >= 0.3 is 0 Å². The van der Waals surface area contributed by atoms with Gasteiger partial charge in [0, 0.05) is 19.3 Å². The molecule has 0 unspecified atom stereocenters. The Kier molecular flexibility index (Phi) is 4.24. The molecule has 1 N–H and O–H groups in total. The number of hydrogen-bond acceptors (Lipinski definition) is 4. The molecule has 0 saturated carbocycles. The van der Waals surface area contributed by atoms with Crippen molar-refractivity contribution in [2.45, 2.75) is 4.90 Å². The van der Waals surface area contributed by atoms with E-state index in [1.807, 2.05) is 0 Å². The van der Waals surface area contributed by atoms with E-state index < -0.39 is 28.3 Å². The largest absolute Gasteiger partial charge is 0.394 e. The number of benzene rings is 1. The number of hydrogen-bond donors (Lipinski definition) is 1. The predicted molar refractivity (Wildman–Crippen MR) is 71.2 cm³/mol. The third-order valence-corrected chi connectivity index (χ3v) is 4.52. The van der Waals surface area contributed by atoms with Gasteiger partial charge in [-0.05, 0) is 12.1 Å². The molecule has 1 heterocycles. The summed E-state index contributed by atoms with van der Waals surface area (Å²) >= 11 is 0. The molecule has 0 aliphatic carbocycles. The Hall–Kier alpha value is -2.00. The molecule has 2 rings (SSSR count). The fourth-order valence-electron chi connectivity index (χ4n) is 1.80. The van der Waals surface area contributed by atoms with Crippen molar-refractivity contribution in [3.63, 3.8) is 0 Å². The molecule has 9 heteroatoms. The molecule has 0 bridgehead atoms. The van der Waals surface area contributed by atoms with Gasteiger partial charge in [-0.3, -0.25) is 8.99 Å². The number of aromatic nitrogens is 2. The molecule has 0 aliphatic rings. The van der Waals surface area contributed by atoms with Crippen LogP contribution in [0.2, 0.25) is 0 Å². The van der Waals surface area contributed by atoms with Gasteiger partial charge in [0.15, 0.2) is 0 Å². The Labute approximate surface area is 120 Å². The maximum atomic E-state index is 13.8. The molecule has 1 aromatic heterocycles. The van der Waals surface area contributed by atoms with E-state index in [1.165, 1.54) is 17.9 Å².